The van der Waals surface area contributed by atoms with Crippen LogP contribution < -0.4 is 0 Å². The molecule has 1 heterocycles. The van der Waals surface area contributed by atoms with Gasteiger partial charge in [-0.15, -0.1) is 0 Å². The SMILES string of the molecule is CCC(C)N1CCN(C)C(CCC(=O)O)C1. The summed E-state index contributed by atoms with van der Waals surface area (Å²) in [5.74, 6) is -0.686. The molecule has 2 atom stereocenters. The Morgan fingerprint density at radius 2 is 2.19 bits per heavy atom. The molecule has 0 amide bonds. The van der Waals surface area contributed by atoms with Crippen LogP contribution in [0.2, 0.25) is 0 Å². The number of aliphatic carboxylic acids is 1. The van der Waals surface area contributed by atoms with E-state index in [0.717, 1.165) is 32.5 Å². The molecular formula is C12H24N2O2. The molecule has 1 N–H and O–H groups in total. The lowest BCUT2D eigenvalue weighted by atomic mass is 10.0. The average molecular weight is 228 g/mol. The van der Waals surface area contributed by atoms with E-state index in [1.807, 2.05) is 0 Å². The highest BCUT2D eigenvalue weighted by Crippen LogP contribution is 2.16. The number of likely N-dealkylation sites (N-methyl/N-ethyl adjacent to an activating group) is 1. The number of nitrogens with zero attached hydrogens (tertiary/aromatic N) is 2. The first-order valence-electron chi connectivity index (χ1n) is 6.20. The highest BCUT2D eigenvalue weighted by Gasteiger charge is 2.26. The summed E-state index contributed by atoms with van der Waals surface area (Å²) in [7, 11) is 2.10. The maximum atomic E-state index is 10.6. The monoisotopic (exact) mass is 228 g/mol. The normalized spacial score (nSPS) is 25.6. The number of piperazine rings is 1. The van der Waals surface area contributed by atoms with Crippen molar-refractivity contribution < 1.29 is 9.90 Å². The van der Waals surface area contributed by atoms with Crippen molar-refractivity contribution in [2.75, 3.05) is 26.7 Å². The fourth-order valence-electron chi connectivity index (χ4n) is 2.23. The van der Waals surface area contributed by atoms with Crippen LogP contribution in [0.15, 0.2) is 0 Å². The van der Waals surface area contributed by atoms with Crippen molar-refractivity contribution in [3.8, 4) is 0 Å². The molecule has 16 heavy (non-hydrogen) atoms. The maximum absolute atomic E-state index is 10.6. The minimum absolute atomic E-state index is 0.281. The lowest BCUT2D eigenvalue weighted by Crippen LogP contribution is -2.53. The van der Waals surface area contributed by atoms with E-state index in [-0.39, 0.29) is 6.42 Å². The van der Waals surface area contributed by atoms with Crippen LogP contribution in [0.5, 0.6) is 0 Å². The van der Waals surface area contributed by atoms with Crippen molar-refractivity contribution in [2.45, 2.75) is 45.2 Å². The predicted molar refractivity (Wildman–Crippen MR) is 64.6 cm³/mol. The molecule has 0 aliphatic carbocycles. The van der Waals surface area contributed by atoms with Crippen molar-refractivity contribution in [1.82, 2.24) is 9.80 Å². The number of rotatable bonds is 5. The smallest absolute Gasteiger partial charge is 0.303 e. The molecule has 1 aliphatic rings. The molecule has 0 aromatic carbocycles. The van der Waals surface area contributed by atoms with E-state index in [2.05, 4.69) is 30.7 Å². The molecule has 0 aromatic heterocycles. The van der Waals surface area contributed by atoms with Crippen LogP contribution in [0.1, 0.15) is 33.1 Å². The third-order valence-corrected chi connectivity index (χ3v) is 3.71. The van der Waals surface area contributed by atoms with Crippen molar-refractivity contribution in [3.63, 3.8) is 0 Å². The van der Waals surface area contributed by atoms with Crippen LogP contribution in [0.3, 0.4) is 0 Å². The summed E-state index contributed by atoms with van der Waals surface area (Å²) >= 11 is 0. The van der Waals surface area contributed by atoms with Crippen LogP contribution in [-0.2, 0) is 4.79 Å². The van der Waals surface area contributed by atoms with E-state index in [0.29, 0.717) is 12.1 Å². The van der Waals surface area contributed by atoms with Crippen molar-refractivity contribution in [1.29, 1.82) is 0 Å². The van der Waals surface area contributed by atoms with Gasteiger partial charge in [-0.25, -0.2) is 0 Å². The molecule has 0 aromatic rings. The van der Waals surface area contributed by atoms with Crippen molar-refractivity contribution in [3.05, 3.63) is 0 Å². The first kappa shape index (κ1) is 13.5. The maximum Gasteiger partial charge on any atom is 0.303 e. The quantitative estimate of drug-likeness (QED) is 0.769. The second-order valence-electron chi connectivity index (χ2n) is 4.82. The minimum atomic E-state index is -0.686. The van der Waals surface area contributed by atoms with Gasteiger partial charge in [0.05, 0.1) is 0 Å². The molecule has 1 aliphatic heterocycles. The Labute approximate surface area is 98.2 Å². The van der Waals surface area contributed by atoms with Gasteiger partial charge in [0, 0.05) is 38.1 Å². The number of carboxylic acids is 1. The second-order valence-corrected chi connectivity index (χ2v) is 4.82. The Morgan fingerprint density at radius 3 is 2.75 bits per heavy atom. The lowest BCUT2D eigenvalue weighted by Gasteiger charge is -2.42. The first-order chi connectivity index (χ1) is 7.54. The van der Waals surface area contributed by atoms with Crippen LogP contribution >= 0.6 is 0 Å². The lowest BCUT2D eigenvalue weighted by molar-refractivity contribution is -0.137. The molecular weight excluding hydrogens is 204 g/mol. The van der Waals surface area contributed by atoms with Gasteiger partial charge in [-0.05, 0) is 26.8 Å². The van der Waals surface area contributed by atoms with Crippen LogP contribution in [0, 0.1) is 0 Å². The molecule has 1 rings (SSSR count). The molecule has 4 nitrogen and oxygen atoms in total. The number of hydrogen-bond acceptors (Lipinski definition) is 3. The Kier molecular flexibility index (Phi) is 5.22. The fraction of sp³-hybridized carbons (Fsp3) is 0.917. The molecule has 0 bridgehead atoms. The topological polar surface area (TPSA) is 43.8 Å². The van der Waals surface area contributed by atoms with E-state index in [1.165, 1.54) is 0 Å². The summed E-state index contributed by atoms with van der Waals surface area (Å²) in [6, 6.07) is 1.01. The third-order valence-electron chi connectivity index (χ3n) is 3.71. The summed E-state index contributed by atoms with van der Waals surface area (Å²) in [4.78, 5) is 15.4. The van der Waals surface area contributed by atoms with Crippen molar-refractivity contribution >= 4 is 5.97 Å². The zero-order valence-corrected chi connectivity index (χ0v) is 10.6. The Bertz CT molecular complexity index is 233. The summed E-state index contributed by atoms with van der Waals surface area (Å²) in [6.07, 6.45) is 2.21. The third kappa shape index (κ3) is 3.76. The predicted octanol–water partition coefficient (Wildman–Crippen LogP) is 1.27. The van der Waals surface area contributed by atoms with Gasteiger partial charge >= 0.3 is 5.97 Å². The van der Waals surface area contributed by atoms with Gasteiger partial charge in [0.25, 0.3) is 0 Å². The number of hydrogen-bond donors (Lipinski definition) is 1. The molecule has 2 unspecified atom stereocenters. The van der Waals surface area contributed by atoms with E-state index in [1.54, 1.807) is 0 Å². The second kappa shape index (κ2) is 6.21. The van der Waals surface area contributed by atoms with E-state index < -0.39 is 5.97 Å². The van der Waals surface area contributed by atoms with Gasteiger partial charge < -0.3 is 10.0 Å². The van der Waals surface area contributed by atoms with Gasteiger partial charge in [-0.3, -0.25) is 9.69 Å². The Hall–Kier alpha value is -0.610. The molecule has 94 valence electrons. The van der Waals surface area contributed by atoms with E-state index in [4.69, 9.17) is 5.11 Å². The summed E-state index contributed by atoms with van der Waals surface area (Å²) in [5.41, 5.74) is 0. The fourth-order valence-corrected chi connectivity index (χ4v) is 2.23. The summed E-state index contributed by atoms with van der Waals surface area (Å²) in [6.45, 7) is 7.62. The van der Waals surface area contributed by atoms with Gasteiger partial charge in [0.2, 0.25) is 0 Å². The van der Waals surface area contributed by atoms with Gasteiger partial charge in [0.15, 0.2) is 0 Å². The highest BCUT2D eigenvalue weighted by molar-refractivity contribution is 5.66. The first-order valence-corrected chi connectivity index (χ1v) is 6.20. The Morgan fingerprint density at radius 1 is 1.50 bits per heavy atom. The van der Waals surface area contributed by atoms with Crippen LogP contribution in [0.25, 0.3) is 0 Å². The van der Waals surface area contributed by atoms with E-state index in [9.17, 15) is 4.79 Å². The largest absolute Gasteiger partial charge is 0.481 e. The molecule has 1 fully saturated rings. The van der Waals surface area contributed by atoms with Gasteiger partial charge in [-0.1, -0.05) is 6.92 Å². The molecule has 0 saturated carbocycles. The standard InChI is InChI=1S/C12H24N2O2/c1-4-10(2)14-8-7-13(3)11(9-14)5-6-12(15)16/h10-11H,4-9H2,1-3H3,(H,15,16). The number of carboxylic acid groups (broad SMARTS) is 1. The average Bonchev–Trinajstić information content (AvgIpc) is 2.26. The van der Waals surface area contributed by atoms with Crippen molar-refractivity contribution in [2.24, 2.45) is 0 Å². The van der Waals surface area contributed by atoms with Crippen LogP contribution in [0.4, 0.5) is 0 Å². The highest BCUT2D eigenvalue weighted by atomic mass is 16.4. The van der Waals surface area contributed by atoms with Crippen LogP contribution in [-0.4, -0.2) is 59.6 Å². The van der Waals surface area contributed by atoms with Gasteiger partial charge in [-0.2, -0.15) is 0 Å². The van der Waals surface area contributed by atoms with E-state index >= 15 is 0 Å². The molecule has 1 saturated heterocycles. The zero-order valence-electron chi connectivity index (χ0n) is 10.6. The zero-order chi connectivity index (χ0) is 12.1. The Balaban J connectivity index is 2.44. The van der Waals surface area contributed by atoms with Gasteiger partial charge in [0.1, 0.15) is 0 Å². The molecule has 0 spiro atoms. The minimum Gasteiger partial charge on any atom is -0.481 e. The summed E-state index contributed by atoms with van der Waals surface area (Å²) in [5, 5.41) is 8.72. The number of carbonyl (C=O) groups is 1. The molecule has 4 heteroatoms. The molecule has 0 radical (unpaired) electrons. The summed E-state index contributed by atoms with van der Waals surface area (Å²) < 4.78 is 0.